The van der Waals surface area contributed by atoms with Crippen molar-refractivity contribution in [3.63, 3.8) is 0 Å². The van der Waals surface area contributed by atoms with Gasteiger partial charge in [-0.05, 0) is 48.0 Å². The molecule has 0 saturated carbocycles. The van der Waals surface area contributed by atoms with E-state index in [1.54, 1.807) is 0 Å². The Hall–Kier alpha value is -0.130. The molecule has 0 spiro atoms. The maximum atomic E-state index is 4.66. The summed E-state index contributed by atoms with van der Waals surface area (Å²) in [5.74, 6) is 1.11. The number of alkyl halides is 1. The summed E-state index contributed by atoms with van der Waals surface area (Å²) in [4.78, 5) is 9.57. The Labute approximate surface area is 126 Å². The van der Waals surface area contributed by atoms with Gasteiger partial charge in [-0.15, -0.1) is 0 Å². The molecule has 5 heteroatoms. The lowest BCUT2D eigenvalue weighted by Gasteiger charge is -2.22. The fourth-order valence-corrected chi connectivity index (χ4v) is 2.97. The Balaban J connectivity index is 2.02. The minimum absolute atomic E-state index is 1.06. The molecule has 18 heavy (non-hydrogen) atoms. The first-order valence-corrected chi connectivity index (χ1v) is 8.28. The zero-order valence-corrected chi connectivity index (χ0v) is 13.9. The number of aryl methyl sites for hydroxylation is 1. The lowest BCUT2D eigenvalue weighted by molar-refractivity contribution is 0.313. The molecule has 0 atom stereocenters. The van der Waals surface area contributed by atoms with Gasteiger partial charge in [0, 0.05) is 36.0 Å². The van der Waals surface area contributed by atoms with Crippen LogP contribution in [0.2, 0.25) is 0 Å². The summed E-state index contributed by atoms with van der Waals surface area (Å²) in [5, 5.41) is 1.06. The Morgan fingerprint density at radius 1 is 1.22 bits per heavy atom. The van der Waals surface area contributed by atoms with Gasteiger partial charge in [-0.1, -0.05) is 15.9 Å². The molecular formula is C13H19Br2N3. The van der Waals surface area contributed by atoms with E-state index in [2.05, 4.69) is 58.8 Å². The SMILES string of the molecule is Cc1nc(N2CCCN(CCBr)CC2)ccc1Br. The zero-order chi connectivity index (χ0) is 13.0. The number of nitrogens with zero attached hydrogens (tertiary/aromatic N) is 3. The van der Waals surface area contributed by atoms with Crippen LogP contribution in [0.5, 0.6) is 0 Å². The third kappa shape index (κ3) is 3.68. The Bertz CT molecular complexity index is 398. The van der Waals surface area contributed by atoms with Crippen LogP contribution >= 0.6 is 31.9 Å². The molecule has 0 unspecified atom stereocenters. The van der Waals surface area contributed by atoms with Crippen molar-refractivity contribution in [3.05, 3.63) is 22.3 Å². The van der Waals surface area contributed by atoms with Gasteiger partial charge in [0.2, 0.25) is 0 Å². The fraction of sp³-hybridized carbons (Fsp3) is 0.615. The monoisotopic (exact) mass is 375 g/mol. The predicted octanol–water partition coefficient (Wildman–Crippen LogP) is 3.06. The number of aromatic nitrogens is 1. The number of hydrogen-bond donors (Lipinski definition) is 0. The highest BCUT2D eigenvalue weighted by molar-refractivity contribution is 9.10. The lowest BCUT2D eigenvalue weighted by Crippen LogP contribution is -2.32. The molecule has 1 aromatic rings. The Kier molecular flexibility index (Phi) is 5.45. The standard InChI is InChI=1S/C13H19Br2N3/c1-11-12(15)3-4-13(16-11)18-7-2-6-17(8-5-14)9-10-18/h3-4H,2,5-10H2,1H3. The Morgan fingerprint density at radius 2 is 2.06 bits per heavy atom. The second-order valence-corrected chi connectivity index (χ2v) is 6.26. The molecule has 0 radical (unpaired) electrons. The highest BCUT2D eigenvalue weighted by Gasteiger charge is 2.15. The van der Waals surface area contributed by atoms with Crippen molar-refractivity contribution in [3.8, 4) is 0 Å². The molecule has 1 aromatic heterocycles. The summed E-state index contributed by atoms with van der Waals surface area (Å²) in [7, 11) is 0. The van der Waals surface area contributed by atoms with Crippen molar-refractivity contribution in [1.29, 1.82) is 0 Å². The molecular weight excluding hydrogens is 358 g/mol. The predicted molar refractivity (Wildman–Crippen MR) is 83.7 cm³/mol. The van der Waals surface area contributed by atoms with E-state index in [1.807, 2.05) is 6.92 Å². The quantitative estimate of drug-likeness (QED) is 0.755. The topological polar surface area (TPSA) is 19.4 Å². The van der Waals surface area contributed by atoms with E-state index in [-0.39, 0.29) is 0 Å². The lowest BCUT2D eigenvalue weighted by atomic mass is 10.3. The van der Waals surface area contributed by atoms with Gasteiger partial charge >= 0.3 is 0 Å². The summed E-state index contributed by atoms with van der Waals surface area (Å²) < 4.78 is 1.09. The normalized spacial score (nSPS) is 17.8. The van der Waals surface area contributed by atoms with E-state index in [1.165, 1.54) is 13.0 Å². The maximum absolute atomic E-state index is 4.66. The Morgan fingerprint density at radius 3 is 2.78 bits per heavy atom. The van der Waals surface area contributed by atoms with Crippen LogP contribution in [0.1, 0.15) is 12.1 Å². The van der Waals surface area contributed by atoms with Gasteiger partial charge in [-0.2, -0.15) is 0 Å². The zero-order valence-electron chi connectivity index (χ0n) is 10.7. The van der Waals surface area contributed by atoms with Crippen LogP contribution in [0.15, 0.2) is 16.6 Å². The van der Waals surface area contributed by atoms with E-state index in [9.17, 15) is 0 Å². The first kappa shape index (κ1) is 14.3. The molecule has 0 aliphatic carbocycles. The van der Waals surface area contributed by atoms with Gasteiger partial charge in [-0.3, -0.25) is 0 Å². The van der Waals surface area contributed by atoms with Gasteiger partial charge in [0.05, 0.1) is 5.69 Å². The molecule has 1 fully saturated rings. The molecule has 1 saturated heterocycles. The molecule has 0 N–H and O–H groups in total. The highest BCUT2D eigenvalue weighted by Crippen LogP contribution is 2.20. The summed E-state index contributed by atoms with van der Waals surface area (Å²) in [6, 6.07) is 4.20. The van der Waals surface area contributed by atoms with Crippen LogP contribution in [0, 0.1) is 6.92 Å². The fourth-order valence-electron chi connectivity index (χ4n) is 2.25. The molecule has 2 rings (SSSR count). The second kappa shape index (κ2) is 6.87. The molecule has 100 valence electrons. The van der Waals surface area contributed by atoms with Crippen LogP contribution in [0.4, 0.5) is 5.82 Å². The van der Waals surface area contributed by atoms with E-state index < -0.39 is 0 Å². The van der Waals surface area contributed by atoms with Crippen LogP contribution in [0.25, 0.3) is 0 Å². The van der Waals surface area contributed by atoms with Crippen molar-refractivity contribution in [1.82, 2.24) is 9.88 Å². The molecule has 0 aromatic carbocycles. The van der Waals surface area contributed by atoms with Gasteiger partial charge in [0.15, 0.2) is 0 Å². The summed E-state index contributed by atoms with van der Waals surface area (Å²) in [6.45, 7) is 7.68. The summed E-state index contributed by atoms with van der Waals surface area (Å²) in [6.07, 6.45) is 1.21. The van der Waals surface area contributed by atoms with Crippen molar-refractivity contribution in [2.45, 2.75) is 13.3 Å². The van der Waals surface area contributed by atoms with Gasteiger partial charge in [0.25, 0.3) is 0 Å². The second-order valence-electron chi connectivity index (χ2n) is 4.61. The maximum Gasteiger partial charge on any atom is 0.128 e. The van der Waals surface area contributed by atoms with Crippen LogP contribution in [0.3, 0.4) is 0 Å². The summed E-state index contributed by atoms with van der Waals surface area (Å²) in [5.41, 5.74) is 1.06. The van der Waals surface area contributed by atoms with E-state index in [4.69, 9.17) is 0 Å². The number of pyridine rings is 1. The molecule has 3 nitrogen and oxygen atoms in total. The molecule has 1 aliphatic heterocycles. The average Bonchev–Trinajstić information content (AvgIpc) is 2.59. The number of rotatable bonds is 3. The first-order chi connectivity index (χ1) is 8.70. The van der Waals surface area contributed by atoms with Gasteiger partial charge in [0.1, 0.15) is 5.82 Å². The summed E-state index contributed by atoms with van der Waals surface area (Å²) >= 11 is 7.02. The van der Waals surface area contributed by atoms with Crippen molar-refractivity contribution in [2.24, 2.45) is 0 Å². The van der Waals surface area contributed by atoms with Crippen molar-refractivity contribution >= 4 is 37.7 Å². The molecule has 2 heterocycles. The first-order valence-electron chi connectivity index (χ1n) is 6.37. The molecule has 1 aliphatic rings. The van der Waals surface area contributed by atoms with Crippen LogP contribution in [-0.2, 0) is 0 Å². The number of anilines is 1. The molecule has 0 bridgehead atoms. The minimum Gasteiger partial charge on any atom is -0.355 e. The minimum atomic E-state index is 1.06. The van der Waals surface area contributed by atoms with E-state index >= 15 is 0 Å². The smallest absolute Gasteiger partial charge is 0.128 e. The third-order valence-corrected chi connectivity index (χ3v) is 4.51. The van der Waals surface area contributed by atoms with Gasteiger partial charge in [-0.25, -0.2) is 4.98 Å². The third-order valence-electron chi connectivity index (χ3n) is 3.32. The van der Waals surface area contributed by atoms with Crippen LogP contribution in [-0.4, -0.2) is 47.9 Å². The average molecular weight is 377 g/mol. The van der Waals surface area contributed by atoms with E-state index in [0.717, 1.165) is 47.5 Å². The largest absolute Gasteiger partial charge is 0.355 e. The highest BCUT2D eigenvalue weighted by atomic mass is 79.9. The van der Waals surface area contributed by atoms with E-state index in [0.29, 0.717) is 0 Å². The van der Waals surface area contributed by atoms with Crippen molar-refractivity contribution in [2.75, 3.05) is 43.0 Å². The van der Waals surface area contributed by atoms with Crippen LogP contribution < -0.4 is 4.90 Å². The van der Waals surface area contributed by atoms with Gasteiger partial charge < -0.3 is 9.80 Å². The number of halogens is 2. The van der Waals surface area contributed by atoms with Crippen molar-refractivity contribution < 1.29 is 0 Å². The molecule has 0 amide bonds. The number of hydrogen-bond acceptors (Lipinski definition) is 3.